The molecule has 0 aliphatic carbocycles. The highest BCUT2D eigenvalue weighted by molar-refractivity contribution is 7.47. The molecule has 0 aromatic rings. The molecule has 17 nitrogen and oxygen atoms in total. The molecular formula is C80H156O17P2. The lowest BCUT2D eigenvalue weighted by atomic mass is 9.99. The van der Waals surface area contributed by atoms with E-state index in [1.807, 2.05) is 0 Å². The lowest BCUT2D eigenvalue weighted by molar-refractivity contribution is -0.161. The molecule has 0 saturated heterocycles. The number of aliphatic hydroxyl groups is 1. The molecule has 588 valence electrons. The van der Waals surface area contributed by atoms with Gasteiger partial charge in [-0.2, -0.15) is 0 Å². The summed E-state index contributed by atoms with van der Waals surface area (Å²) in [5, 5.41) is 10.6. The lowest BCUT2D eigenvalue weighted by Gasteiger charge is -2.21. The largest absolute Gasteiger partial charge is 0.472 e. The second-order valence-corrected chi connectivity index (χ2v) is 32.4. The fourth-order valence-corrected chi connectivity index (χ4v) is 13.9. The van der Waals surface area contributed by atoms with Crippen LogP contribution in [0.3, 0.4) is 0 Å². The average Bonchev–Trinajstić information content (AvgIpc) is 1.10. The molecule has 0 rings (SSSR count). The van der Waals surface area contributed by atoms with Gasteiger partial charge in [0.15, 0.2) is 12.2 Å². The number of aliphatic hydroxyl groups excluding tert-OH is 1. The van der Waals surface area contributed by atoms with Crippen LogP contribution in [0.1, 0.15) is 420 Å². The summed E-state index contributed by atoms with van der Waals surface area (Å²) in [4.78, 5) is 72.9. The summed E-state index contributed by atoms with van der Waals surface area (Å²) in [6.07, 6.45) is 61.1. The highest BCUT2D eigenvalue weighted by Gasteiger charge is 2.30. The van der Waals surface area contributed by atoms with E-state index in [-0.39, 0.29) is 25.7 Å². The number of carbonyl (C=O) groups is 4. The van der Waals surface area contributed by atoms with Crippen molar-refractivity contribution < 1.29 is 80.2 Å². The van der Waals surface area contributed by atoms with Crippen molar-refractivity contribution in [2.75, 3.05) is 39.6 Å². The van der Waals surface area contributed by atoms with E-state index < -0.39 is 97.5 Å². The van der Waals surface area contributed by atoms with Crippen LogP contribution in [0.15, 0.2) is 0 Å². The summed E-state index contributed by atoms with van der Waals surface area (Å²) < 4.78 is 68.6. The third-order valence-electron chi connectivity index (χ3n) is 19.1. The Bertz CT molecular complexity index is 1910. The van der Waals surface area contributed by atoms with Gasteiger partial charge in [-0.15, -0.1) is 0 Å². The first-order chi connectivity index (χ1) is 47.9. The quantitative estimate of drug-likeness (QED) is 0.0222. The van der Waals surface area contributed by atoms with Gasteiger partial charge in [-0.25, -0.2) is 9.13 Å². The number of phosphoric ester groups is 2. The zero-order valence-electron chi connectivity index (χ0n) is 64.8. The number of unbranched alkanes of at least 4 members (excludes halogenated alkanes) is 48. The molecule has 19 heteroatoms. The first kappa shape index (κ1) is 97.1. The van der Waals surface area contributed by atoms with Gasteiger partial charge in [0.25, 0.3) is 0 Å². The fraction of sp³-hybridized carbons (Fsp3) is 0.950. The summed E-state index contributed by atoms with van der Waals surface area (Å²) in [6.45, 7) is 9.64. The van der Waals surface area contributed by atoms with E-state index in [1.54, 1.807) is 0 Å². The van der Waals surface area contributed by atoms with Crippen molar-refractivity contribution in [2.45, 2.75) is 439 Å². The molecule has 0 aromatic carbocycles. The van der Waals surface area contributed by atoms with Gasteiger partial charge in [-0.1, -0.05) is 369 Å². The lowest BCUT2D eigenvalue weighted by Crippen LogP contribution is -2.30. The van der Waals surface area contributed by atoms with Crippen molar-refractivity contribution >= 4 is 39.5 Å². The van der Waals surface area contributed by atoms with Crippen molar-refractivity contribution in [1.82, 2.24) is 0 Å². The van der Waals surface area contributed by atoms with E-state index in [9.17, 15) is 43.2 Å². The van der Waals surface area contributed by atoms with Crippen LogP contribution in [0.4, 0.5) is 0 Å². The second-order valence-electron chi connectivity index (χ2n) is 29.5. The Balaban J connectivity index is 5.21. The molecule has 0 aliphatic rings. The number of hydrogen-bond acceptors (Lipinski definition) is 15. The Hall–Kier alpha value is -1.94. The van der Waals surface area contributed by atoms with Crippen LogP contribution in [0, 0.1) is 11.8 Å². The third kappa shape index (κ3) is 72.8. The zero-order chi connectivity index (χ0) is 72.8. The SMILES string of the molecule is CCCCCCCCCCCCCCCCCCCCCCC(=O)O[C@H](COC(=O)CCCCCCCCCCCCCCCCC(C)CC)COP(=O)(O)OC[C@@H](O)COP(=O)(O)OC[C@@H](COC(=O)CCCCCCCCCCC)OC(=O)CCCCCCCCCCCC(C)C. The Morgan fingerprint density at radius 1 is 0.293 bits per heavy atom. The Kier molecular flexibility index (Phi) is 70.3. The summed E-state index contributed by atoms with van der Waals surface area (Å²) in [5.41, 5.74) is 0. The summed E-state index contributed by atoms with van der Waals surface area (Å²) in [5.74, 6) is -0.526. The minimum Gasteiger partial charge on any atom is -0.462 e. The first-order valence-electron chi connectivity index (χ1n) is 41.5. The number of hydrogen-bond donors (Lipinski definition) is 3. The molecule has 0 fully saturated rings. The maximum Gasteiger partial charge on any atom is 0.472 e. The number of phosphoric acid groups is 2. The average molecular weight is 1450 g/mol. The minimum absolute atomic E-state index is 0.106. The van der Waals surface area contributed by atoms with Crippen LogP contribution in [-0.2, 0) is 65.4 Å². The molecule has 0 radical (unpaired) electrons. The molecule has 0 heterocycles. The Labute approximate surface area is 607 Å². The molecule has 6 atom stereocenters. The van der Waals surface area contributed by atoms with Crippen LogP contribution < -0.4 is 0 Å². The highest BCUT2D eigenvalue weighted by Crippen LogP contribution is 2.45. The topological polar surface area (TPSA) is 237 Å². The molecule has 99 heavy (non-hydrogen) atoms. The van der Waals surface area contributed by atoms with Crippen LogP contribution in [0.2, 0.25) is 0 Å². The first-order valence-corrected chi connectivity index (χ1v) is 44.5. The predicted molar refractivity (Wildman–Crippen MR) is 405 cm³/mol. The van der Waals surface area contributed by atoms with Gasteiger partial charge in [0.2, 0.25) is 0 Å². The van der Waals surface area contributed by atoms with Crippen LogP contribution in [0.5, 0.6) is 0 Å². The fourth-order valence-electron chi connectivity index (χ4n) is 12.3. The molecule has 0 aliphatic heterocycles. The highest BCUT2D eigenvalue weighted by atomic mass is 31.2. The summed E-state index contributed by atoms with van der Waals surface area (Å²) in [7, 11) is -9.91. The van der Waals surface area contributed by atoms with Crippen LogP contribution in [0.25, 0.3) is 0 Å². The van der Waals surface area contributed by atoms with E-state index >= 15 is 0 Å². The molecule has 0 saturated carbocycles. The number of ether oxygens (including phenoxy) is 4. The zero-order valence-corrected chi connectivity index (χ0v) is 66.6. The van der Waals surface area contributed by atoms with Gasteiger partial charge in [-0.05, 0) is 37.5 Å². The predicted octanol–water partition coefficient (Wildman–Crippen LogP) is 23.9. The summed E-state index contributed by atoms with van der Waals surface area (Å²) in [6, 6.07) is 0. The van der Waals surface area contributed by atoms with Gasteiger partial charge in [0, 0.05) is 25.7 Å². The molecule has 3 N–H and O–H groups in total. The number of esters is 4. The molecule has 0 spiro atoms. The molecule has 0 amide bonds. The van der Waals surface area contributed by atoms with E-state index in [1.165, 1.54) is 238 Å². The van der Waals surface area contributed by atoms with Crippen molar-refractivity contribution in [1.29, 1.82) is 0 Å². The molecule has 0 aromatic heterocycles. The van der Waals surface area contributed by atoms with Gasteiger partial charge in [-0.3, -0.25) is 37.3 Å². The normalized spacial score (nSPS) is 14.2. The Morgan fingerprint density at radius 2 is 0.515 bits per heavy atom. The molecule has 0 bridgehead atoms. The molecular weight excluding hydrogens is 1290 g/mol. The monoisotopic (exact) mass is 1450 g/mol. The molecule has 3 unspecified atom stereocenters. The van der Waals surface area contributed by atoms with E-state index in [4.69, 9.17) is 37.0 Å². The second kappa shape index (κ2) is 71.7. The van der Waals surface area contributed by atoms with Gasteiger partial charge >= 0.3 is 39.5 Å². The number of rotatable bonds is 79. The van der Waals surface area contributed by atoms with Gasteiger partial charge in [0.05, 0.1) is 26.4 Å². The van der Waals surface area contributed by atoms with E-state index in [0.717, 1.165) is 102 Å². The van der Waals surface area contributed by atoms with Crippen molar-refractivity contribution in [3.05, 3.63) is 0 Å². The number of carbonyl (C=O) groups excluding carboxylic acids is 4. The Morgan fingerprint density at radius 3 is 0.768 bits per heavy atom. The minimum atomic E-state index is -4.96. The van der Waals surface area contributed by atoms with Crippen LogP contribution >= 0.6 is 15.6 Å². The third-order valence-corrected chi connectivity index (χ3v) is 21.0. The van der Waals surface area contributed by atoms with Crippen molar-refractivity contribution in [3.8, 4) is 0 Å². The van der Waals surface area contributed by atoms with Crippen molar-refractivity contribution in [3.63, 3.8) is 0 Å². The van der Waals surface area contributed by atoms with Gasteiger partial charge in [0.1, 0.15) is 19.3 Å². The maximum atomic E-state index is 13.1. The van der Waals surface area contributed by atoms with Gasteiger partial charge < -0.3 is 33.8 Å². The standard InChI is InChI=1S/C80H156O17P2/c1-7-10-12-14-16-18-19-20-21-22-23-24-25-26-31-34-40-46-52-58-64-79(84)96-76(69-91-78(83)63-57-51-45-39-33-30-28-27-29-32-38-43-49-55-61-73(6)9-3)71-95-99(88,89)93-67-74(81)66-92-98(86,87)94-70-75(68-90-77(82)62-56-50-44-36-17-15-13-11-8-2)97-80(85)65-59-53-47-41-35-37-42-48-54-60-72(4)5/h72-76,81H,7-71H2,1-6H3,(H,86,87)(H,88,89)/t73?,74-,75+,76+/m0/s1. The van der Waals surface area contributed by atoms with Crippen LogP contribution in [-0.4, -0.2) is 96.7 Å². The van der Waals surface area contributed by atoms with Crippen molar-refractivity contribution in [2.24, 2.45) is 11.8 Å². The summed E-state index contributed by atoms with van der Waals surface area (Å²) >= 11 is 0. The smallest absolute Gasteiger partial charge is 0.462 e. The maximum absolute atomic E-state index is 13.1. The van der Waals surface area contributed by atoms with E-state index in [2.05, 4.69) is 41.5 Å². The van der Waals surface area contributed by atoms with E-state index in [0.29, 0.717) is 25.7 Å².